The molecule has 4 nitrogen and oxygen atoms in total. The van der Waals surface area contributed by atoms with Gasteiger partial charge in [0.05, 0.1) is 12.7 Å². The molecule has 0 saturated carbocycles. The number of nitrogens with zero attached hydrogens (tertiary/aromatic N) is 1. The van der Waals surface area contributed by atoms with Crippen LogP contribution in [0, 0.1) is 0 Å². The van der Waals surface area contributed by atoms with Crippen molar-refractivity contribution in [2.45, 2.75) is 0 Å². The van der Waals surface area contributed by atoms with Crippen LogP contribution in [0.15, 0.2) is 40.8 Å². The Balaban J connectivity index is 2.20. The second-order valence-corrected chi connectivity index (χ2v) is 4.49. The molecular weight excluding hydrogens is 264 g/mol. The number of rotatable bonds is 2. The SMILES string of the molecule is COc1cccc2oc(-c3ccc(Cl)cc3N)nc12. The Hall–Kier alpha value is -2.20. The molecule has 0 aliphatic rings. The van der Waals surface area contributed by atoms with Crippen molar-refractivity contribution in [3.05, 3.63) is 41.4 Å². The molecule has 0 atom stereocenters. The molecule has 0 saturated heterocycles. The summed E-state index contributed by atoms with van der Waals surface area (Å²) >= 11 is 5.88. The summed E-state index contributed by atoms with van der Waals surface area (Å²) in [5.41, 5.74) is 8.50. The number of hydrogen-bond donors (Lipinski definition) is 1. The average molecular weight is 275 g/mol. The minimum Gasteiger partial charge on any atom is -0.494 e. The van der Waals surface area contributed by atoms with Gasteiger partial charge >= 0.3 is 0 Å². The van der Waals surface area contributed by atoms with Crippen LogP contribution in [0.1, 0.15) is 0 Å². The molecule has 3 aromatic rings. The first-order valence-electron chi connectivity index (χ1n) is 5.68. The monoisotopic (exact) mass is 274 g/mol. The van der Waals surface area contributed by atoms with Crippen molar-refractivity contribution in [3.63, 3.8) is 0 Å². The highest BCUT2D eigenvalue weighted by Gasteiger charge is 2.13. The maximum absolute atomic E-state index is 5.93. The third-order valence-corrected chi connectivity index (χ3v) is 3.08. The summed E-state index contributed by atoms with van der Waals surface area (Å²) in [6.07, 6.45) is 0. The van der Waals surface area contributed by atoms with Gasteiger partial charge in [-0.05, 0) is 30.3 Å². The van der Waals surface area contributed by atoms with Gasteiger partial charge in [-0.2, -0.15) is 0 Å². The fourth-order valence-corrected chi connectivity index (χ4v) is 2.11. The average Bonchev–Trinajstić information content (AvgIpc) is 2.81. The largest absolute Gasteiger partial charge is 0.494 e. The van der Waals surface area contributed by atoms with Crippen LogP contribution < -0.4 is 10.5 Å². The van der Waals surface area contributed by atoms with Crippen LogP contribution >= 0.6 is 11.6 Å². The highest BCUT2D eigenvalue weighted by molar-refractivity contribution is 6.31. The summed E-state index contributed by atoms with van der Waals surface area (Å²) in [5, 5.41) is 0.579. The lowest BCUT2D eigenvalue weighted by atomic mass is 10.2. The van der Waals surface area contributed by atoms with Crippen molar-refractivity contribution in [1.29, 1.82) is 0 Å². The maximum Gasteiger partial charge on any atom is 0.229 e. The maximum atomic E-state index is 5.93. The number of anilines is 1. The Labute approximate surface area is 114 Å². The molecule has 0 unspecified atom stereocenters. The van der Waals surface area contributed by atoms with Gasteiger partial charge in [-0.3, -0.25) is 0 Å². The molecule has 0 aliphatic carbocycles. The molecule has 1 aromatic heterocycles. The number of para-hydroxylation sites is 1. The number of benzene rings is 2. The lowest BCUT2D eigenvalue weighted by Gasteiger charge is -2.00. The summed E-state index contributed by atoms with van der Waals surface area (Å²) in [6.45, 7) is 0. The Morgan fingerprint density at radius 1 is 1.26 bits per heavy atom. The molecule has 0 bridgehead atoms. The minimum atomic E-state index is 0.452. The second kappa shape index (κ2) is 4.48. The van der Waals surface area contributed by atoms with E-state index < -0.39 is 0 Å². The molecule has 2 N–H and O–H groups in total. The van der Waals surface area contributed by atoms with E-state index in [0.717, 1.165) is 0 Å². The molecule has 0 radical (unpaired) electrons. The quantitative estimate of drug-likeness (QED) is 0.723. The molecular formula is C14H11ClN2O2. The van der Waals surface area contributed by atoms with Crippen molar-refractivity contribution < 1.29 is 9.15 Å². The summed E-state index contributed by atoms with van der Waals surface area (Å²) in [4.78, 5) is 4.43. The van der Waals surface area contributed by atoms with Crippen LogP contribution in [0.4, 0.5) is 5.69 Å². The first-order chi connectivity index (χ1) is 9.19. The van der Waals surface area contributed by atoms with E-state index in [0.29, 0.717) is 39.0 Å². The number of halogens is 1. The first-order valence-corrected chi connectivity index (χ1v) is 6.06. The van der Waals surface area contributed by atoms with Gasteiger partial charge in [-0.25, -0.2) is 4.98 Å². The first kappa shape index (κ1) is 11.9. The summed E-state index contributed by atoms with van der Waals surface area (Å²) in [5.74, 6) is 1.12. The van der Waals surface area contributed by atoms with Crippen molar-refractivity contribution in [1.82, 2.24) is 4.98 Å². The van der Waals surface area contributed by atoms with Gasteiger partial charge in [-0.15, -0.1) is 0 Å². The van der Waals surface area contributed by atoms with Gasteiger partial charge in [0.15, 0.2) is 11.1 Å². The molecule has 5 heteroatoms. The van der Waals surface area contributed by atoms with Crippen LogP contribution in [0.5, 0.6) is 5.75 Å². The van der Waals surface area contributed by atoms with Gasteiger partial charge in [0.2, 0.25) is 5.89 Å². The molecule has 0 fully saturated rings. The van der Waals surface area contributed by atoms with Crippen LogP contribution in [0.25, 0.3) is 22.6 Å². The molecule has 19 heavy (non-hydrogen) atoms. The van der Waals surface area contributed by atoms with Crippen LogP contribution in [-0.2, 0) is 0 Å². The molecule has 0 amide bonds. The molecule has 0 spiro atoms. The van der Waals surface area contributed by atoms with E-state index in [9.17, 15) is 0 Å². The molecule has 2 aromatic carbocycles. The van der Waals surface area contributed by atoms with Crippen LogP contribution in [0.2, 0.25) is 5.02 Å². The highest BCUT2D eigenvalue weighted by Crippen LogP contribution is 2.33. The standard InChI is InChI=1S/C14H11ClN2O2/c1-18-11-3-2-4-12-13(11)17-14(19-12)9-6-5-8(15)7-10(9)16/h2-7H,16H2,1H3. The van der Waals surface area contributed by atoms with Gasteiger partial charge in [0.1, 0.15) is 5.75 Å². The fourth-order valence-electron chi connectivity index (χ4n) is 1.93. The van der Waals surface area contributed by atoms with Crippen molar-refractivity contribution >= 4 is 28.4 Å². The second-order valence-electron chi connectivity index (χ2n) is 4.06. The number of methoxy groups -OCH3 is 1. The fraction of sp³-hybridized carbons (Fsp3) is 0.0714. The summed E-state index contributed by atoms with van der Waals surface area (Å²) < 4.78 is 11.0. The lowest BCUT2D eigenvalue weighted by molar-refractivity contribution is 0.419. The Kier molecular flexibility index (Phi) is 2.80. The predicted molar refractivity (Wildman–Crippen MR) is 75.4 cm³/mol. The zero-order chi connectivity index (χ0) is 13.4. The van der Waals surface area contributed by atoms with E-state index in [2.05, 4.69) is 4.98 Å². The Morgan fingerprint density at radius 2 is 2.11 bits per heavy atom. The molecule has 3 rings (SSSR count). The normalized spacial score (nSPS) is 10.8. The number of ether oxygens (including phenoxy) is 1. The molecule has 96 valence electrons. The van der Waals surface area contributed by atoms with Gasteiger partial charge in [-0.1, -0.05) is 17.7 Å². The van der Waals surface area contributed by atoms with E-state index in [1.807, 2.05) is 18.2 Å². The summed E-state index contributed by atoms with van der Waals surface area (Å²) in [7, 11) is 1.60. The van der Waals surface area contributed by atoms with Crippen LogP contribution in [0.3, 0.4) is 0 Å². The number of oxazole rings is 1. The van der Waals surface area contributed by atoms with E-state index in [1.165, 1.54) is 0 Å². The lowest BCUT2D eigenvalue weighted by Crippen LogP contribution is -1.89. The minimum absolute atomic E-state index is 0.452. The van der Waals surface area contributed by atoms with E-state index in [-0.39, 0.29) is 0 Å². The molecule has 1 heterocycles. The third-order valence-electron chi connectivity index (χ3n) is 2.85. The topological polar surface area (TPSA) is 61.3 Å². The van der Waals surface area contributed by atoms with Crippen molar-refractivity contribution in [2.24, 2.45) is 0 Å². The Bertz CT molecular complexity index is 752. The third kappa shape index (κ3) is 2.00. The number of nitrogen functional groups attached to an aromatic ring is 1. The smallest absolute Gasteiger partial charge is 0.229 e. The number of hydrogen-bond acceptors (Lipinski definition) is 4. The van der Waals surface area contributed by atoms with Crippen LogP contribution in [-0.4, -0.2) is 12.1 Å². The number of fused-ring (bicyclic) bond motifs is 1. The van der Waals surface area contributed by atoms with Gasteiger partial charge < -0.3 is 14.9 Å². The zero-order valence-corrected chi connectivity index (χ0v) is 10.9. The van der Waals surface area contributed by atoms with Crippen molar-refractivity contribution in [3.8, 4) is 17.2 Å². The van der Waals surface area contributed by atoms with Gasteiger partial charge in [0, 0.05) is 10.7 Å². The number of aromatic nitrogens is 1. The van der Waals surface area contributed by atoms with E-state index in [1.54, 1.807) is 25.3 Å². The highest BCUT2D eigenvalue weighted by atomic mass is 35.5. The van der Waals surface area contributed by atoms with Crippen molar-refractivity contribution in [2.75, 3.05) is 12.8 Å². The summed E-state index contributed by atoms with van der Waals surface area (Å²) in [6, 6.07) is 10.7. The van der Waals surface area contributed by atoms with Gasteiger partial charge in [0.25, 0.3) is 0 Å². The predicted octanol–water partition coefficient (Wildman–Crippen LogP) is 3.74. The zero-order valence-electron chi connectivity index (χ0n) is 10.2. The van der Waals surface area contributed by atoms with E-state index in [4.69, 9.17) is 26.5 Å². The van der Waals surface area contributed by atoms with E-state index >= 15 is 0 Å². The Morgan fingerprint density at radius 3 is 2.84 bits per heavy atom. The number of nitrogens with two attached hydrogens (primary N) is 1. The molecule has 0 aliphatic heterocycles.